The molecule has 1 aromatic carbocycles. The van der Waals surface area contributed by atoms with Crippen LogP contribution in [-0.2, 0) is 6.54 Å². The van der Waals surface area contributed by atoms with Gasteiger partial charge >= 0.3 is 0 Å². The number of fused-ring (bicyclic) bond motifs is 1. The third-order valence-electron chi connectivity index (χ3n) is 4.63. The summed E-state index contributed by atoms with van der Waals surface area (Å²) in [5.74, 6) is 0.674. The van der Waals surface area contributed by atoms with E-state index < -0.39 is 0 Å². The van der Waals surface area contributed by atoms with Crippen LogP contribution in [0.15, 0.2) is 18.2 Å². The van der Waals surface area contributed by atoms with Crippen molar-refractivity contribution in [3.05, 3.63) is 35.1 Å². The van der Waals surface area contributed by atoms with Crippen LogP contribution < -0.4 is 5.73 Å². The van der Waals surface area contributed by atoms with Crippen molar-refractivity contribution in [2.24, 2.45) is 17.6 Å². The second-order valence-electron chi connectivity index (χ2n) is 5.93. The minimum atomic E-state index is -0.315. The molecule has 3 rings (SSSR count). The molecule has 2 aliphatic rings. The molecular weight excluding hydrogens is 275 g/mol. The van der Waals surface area contributed by atoms with Crippen LogP contribution in [0.5, 0.6) is 0 Å². The number of aliphatic hydroxyl groups is 1. The van der Waals surface area contributed by atoms with Gasteiger partial charge in [-0.1, -0.05) is 18.3 Å². The third-order valence-corrected chi connectivity index (χ3v) is 4.85. The Labute approximate surface area is 123 Å². The van der Waals surface area contributed by atoms with Crippen LogP contribution in [0.25, 0.3) is 0 Å². The zero-order valence-electron chi connectivity index (χ0n) is 11.3. The number of hydrogen-bond acceptors (Lipinski definition) is 3. The quantitative estimate of drug-likeness (QED) is 0.833. The molecule has 0 bridgehead atoms. The number of rotatable bonds is 3. The monoisotopic (exact) mass is 294 g/mol. The second-order valence-corrected chi connectivity index (χ2v) is 6.37. The fourth-order valence-electron chi connectivity index (χ4n) is 3.61. The van der Waals surface area contributed by atoms with E-state index in [1.807, 2.05) is 0 Å². The fraction of sp³-hybridized carbons (Fsp3) is 0.533. The van der Waals surface area contributed by atoms with E-state index in [2.05, 4.69) is 4.90 Å². The Balaban J connectivity index is 1.74. The average molecular weight is 294 g/mol. The summed E-state index contributed by atoms with van der Waals surface area (Å²) in [4.78, 5) is 2.55. The second kappa shape index (κ2) is 5.39. The molecular formula is C15H19FN2OS. The van der Waals surface area contributed by atoms with Gasteiger partial charge in [0.2, 0.25) is 0 Å². The summed E-state index contributed by atoms with van der Waals surface area (Å²) in [7, 11) is 0. The van der Waals surface area contributed by atoms with E-state index in [4.69, 9.17) is 18.0 Å². The molecule has 5 heteroatoms. The number of likely N-dealkylation sites (tertiary alicyclic amines) is 1. The smallest absolute Gasteiger partial charge is 0.123 e. The summed E-state index contributed by atoms with van der Waals surface area (Å²) in [6.07, 6.45) is 1.87. The summed E-state index contributed by atoms with van der Waals surface area (Å²) >= 11 is 5.00. The van der Waals surface area contributed by atoms with E-state index in [1.165, 1.54) is 12.1 Å². The van der Waals surface area contributed by atoms with Gasteiger partial charge in [-0.05, 0) is 36.5 Å². The predicted molar refractivity (Wildman–Crippen MR) is 79.8 cm³/mol. The Morgan fingerprint density at radius 3 is 2.90 bits per heavy atom. The van der Waals surface area contributed by atoms with Crippen LogP contribution in [0.2, 0.25) is 0 Å². The van der Waals surface area contributed by atoms with Crippen LogP contribution in [0, 0.1) is 17.7 Å². The number of nitrogens with zero attached hydrogens (tertiary/aromatic N) is 1. The van der Waals surface area contributed by atoms with Gasteiger partial charge < -0.3 is 10.8 Å². The average Bonchev–Trinajstić information content (AvgIpc) is 2.94. The molecule has 0 aromatic heterocycles. The van der Waals surface area contributed by atoms with E-state index in [9.17, 15) is 9.50 Å². The van der Waals surface area contributed by atoms with Crippen LogP contribution in [0.4, 0.5) is 4.39 Å². The molecule has 1 heterocycles. The van der Waals surface area contributed by atoms with Gasteiger partial charge in [0.25, 0.3) is 0 Å². The highest BCUT2D eigenvalue weighted by Crippen LogP contribution is 2.38. The lowest BCUT2D eigenvalue weighted by Crippen LogP contribution is -2.26. The lowest BCUT2D eigenvalue weighted by atomic mass is 10.00. The molecule has 2 fully saturated rings. The number of nitrogens with two attached hydrogens (primary N) is 1. The fourth-order valence-corrected chi connectivity index (χ4v) is 3.80. The van der Waals surface area contributed by atoms with Crippen LogP contribution in [0.1, 0.15) is 24.0 Å². The Kier molecular flexibility index (Phi) is 3.75. The van der Waals surface area contributed by atoms with Gasteiger partial charge in [0.1, 0.15) is 10.8 Å². The van der Waals surface area contributed by atoms with Crippen LogP contribution >= 0.6 is 12.2 Å². The van der Waals surface area contributed by atoms with E-state index >= 15 is 0 Å². The summed E-state index contributed by atoms with van der Waals surface area (Å²) in [6.45, 7) is 2.61. The molecule has 108 valence electrons. The molecule has 3 unspecified atom stereocenters. The normalized spacial score (nSPS) is 29.6. The molecule has 1 saturated carbocycles. The van der Waals surface area contributed by atoms with Crippen molar-refractivity contribution < 1.29 is 9.50 Å². The van der Waals surface area contributed by atoms with Crippen molar-refractivity contribution in [1.82, 2.24) is 4.90 Å². The first-order chi connectivity index (χ1) is 9.54. The van der Waals surface area contributed by atoms with E-state index in [0.717, 1.165) is 31.5 Å². The molecule has 0 spiro atoms. The molecule has 20 heavy (non-hydrogen) atoms. The maximum Gasteiger partial charge on any atom is 0.123 e. The molecule has 3 atom stereocenters. The Morgan fingerprint density at radius 1 is 1.40 bits per heavy atom. The van der Waals surface area contributed by atoms with Crippen molar-refractivity contribution >= 4 is 17.2 Å². The van der Waals surface area contributed by atoms with Crippen molar-refractivity contribution in [3.63, 3.8) is 0 Å². The first-order valence-electron chi connectivity index (χ1n) is 7.03. The summed E-state index contributed by atoms with van der Waals surface area (Å²) in [6, 6.07) is 4.61. The lowest BCUT2D eigenvalue weighted by Gasteiger charge is -2.19. The highest BCUT2D eigenvalue weighted by molar-refractivity contribution is 7.80. The largest absolute Gasteiger partial charge is 0.393 e. The van der Waals surface area contributed by atoms with Gasteiger partial charge in [-0.2, -0.15) is 0 Å². The maximum absolute atomic E-state index is 13.3. The Morgan fingerprint density at radius 2 is 2.20 bits per heavy atom. The van der Waals surface area contributed by atoms with Gasteiger partial charge in [-0.15, -0.1) is 0 Å². The molecule has 3 N–H and O–H groups in total. The standard InChI is InChI=1S/C15H19FN2OS/c16-11-3-1-9(12(5-11)15(17)20)6-18-7-10-2-4-14(19)13(10)8-18/h1,3,5,10,13-14,19H,2,4,6-8H2,(H2,17,20). The molecule has 1 aromatic rings. The first kappa shape index (κ1) is 13.9. The van der Waals surface area contributed by atoms with Gasteiger partial charge in [0.15, 0.2) is 0 Å². The summed E-state index contributed by atoms with van der Waals surface area (Å²) < 4.78 is 13.3. The lowest BCUT2D eigenvalue weighted by molar-refractivity contribution is 0.123. The van der Waals surface area contributed by atoms with Gasteiger partial charge in [0, 0.05) is 31.1 Å². The zero-order chi connectivity index (χ0) is 14.3. The van der Waals surface area contributed by atoms with E-state index in [-0.39, 0.29) is 16.9 Å². The maximum atomic E-state index is 13.3. The number of aliphatic hydroxyl groups excluding tert-OH is 1. The molecule has 1 saturated heterocycles. The summed E-state index contributed by atoms with van der Waals surface area (Å²) in [5.41, 5.74) is 7.27. The molecule has 0 radical (unpaired) electrons. The molecule has 3 nitrogen and oxygen atoms in total. The van der Waals surface area contributed by atoms with E-state index in [0.29, 0.717) is 23.9 Å². The highest BCUT2D eigenvalue weighted by Gasteiger charge is 2.41. The van der Waals surface area contributed by atoms with Crippen LogP contribution in [0.3, 0.4) is 0 Å². The predicted octanol–water partition coefficient (Wildman–Crippen LogP) is 1.66. The number of thiocarbonyl (C=S) groups is 1. The van der Waals surface area contributed by atoms with Crippen molar-refractivity contribution in [2.45, 2.75) is 25.5 Å². The van der Waals surface area contributed by atoms with Gasteiger partial charge in [-0.25, -0.2) is 4.39 Å². The minimum absolute atomic E-state index is 0.159. The van der Waals surface area contributed by atoms with E-state index in [1.54, 1.807) is 6.07 Å². The third kappa shape index (κ3) is 2.57. The Bertz CT molecular complexity index is 537. The zero-order valence-corrected chi connectivity index (χ0v) is 12.1. The topological polar surface area (TPSA) is 49.5 Å². The SMILES string of the molecule is NC(=S)c1cc(F)ccc1CN1CC2CCC(O)C2C1. The van der Waals surface area contributed by atoms with Crippen molar-refractivity contribution in [1.29, 1.82) is 0 Å². The number of halogens is 1. The Hall–Kier alpha value is -1.04. The molecule has 0 amide bonds. The number of benzene rings is 1. The van der Waals surface area contributed by atoms with Gasteiger partial charge in [0.05, 0.1) is 6.10 Å². The summed E-state index contributed by atoms with van der Waals surface area (Å²) in [5, 5.41) is 9.95. The number of hydrogen-bond donors (Lipinski definition) is 2. The molecule has 1 aliphatic carbocycles. The van der Waals surface area contributed by atoms with Crippen LogP contribution in [-0.4, -0.2) is 34.2 Å². The van der Waals surface area contributed by atoms with Crippen molar-refractivity contribution in [2.75, 3.05) is 13.1 Å². The molecule has 1 aliphatic heterocycles. The van der Waals surface area contributed by atoms with Gasteiger partial charge in [-0.3, -0.25) is 4.90 Å². The first-order valence-corrected chi connectivity index (χ1v) is 7.44. The highest BCUT2D eigenvalue weighted by atomic mass is 32.1. The van der Waals surface area contributed by atoms with Crippen molar-refractivity contribution in [3.8, 4) is 0 Å². The minimum Gasteiger partial charge on any atom is -0.393 e.